The number of para-hydroxylation sites is 1. The summed E-state index contributed by atoms with van der Waals surface area (Å²) in [6.07, 6.45) is 2.88. The van der Waals surface area contributed by atoms with Crippen LogP contribution in [0.1, 0.15) is 29.2 Å². The monoisotopic (exact) mass is 463 g/mol. The number of halogens is 1. The van der Waals surface area contributed by atoms with Crippen LogP contribution in [0.25, 0.3) is 5.69 Å². The number of amides is 2. The molecule has 0 bridgehead atoms. The standard InChI is InChI=1S/C26H30FN5O2/c1-34-15-14-31-16-22(18-10-12-19(27)13-11-18)24(17-31)28-26(33)29-25-21-8-5-9-23(21)30-32(25)20-6-3-2-4-7-20/h2-4,6-7,10-13,22,24H,5,8-9,14-17H2,1H3,(H2,28,29,33). The van der Waals surface area contributed by atoms with E-state index in [1.54, 1.807) is 7.11 Å². The molecule has 1 aliphatic heterocycles. The number of carbonyl (C=O) groups excluding carboxylic acids is 1. The number of likely N-dealkylation sites (tertiary alicyclic amines) is 1. The van der Waals surface area contributed by atoms with Crippen molar-refractivity contribution in [1.82, 2.24) is 20.0 Å². The Morgan fingerprint density at radius 3 is 2.68 bits per heavy atom. The van der Waals surface area contributed by atoms with Crippen LogP contribution < -0.4 is 10.6 Å². The molecule has 0 spiro atoms. The third kappa shape index (κ3) is 4.69. The molecule has 2 heterocycles. The first kappa shape index (κ1) is 22.6. The molecule has 2 N–H and O–H groups in total. The summed E-state index contributed by atoms with van der Waals surface area (Å²) in [6, 6.07) is 16.1. The van der Waals surface area contributed by atoms with Crippen molar-refractivity contribution in [2.75, 3.05) is 38.7 Å². The van der Waals surface area contributed by atoms with Gasteiger partial charge in [-0.2, -0.15) is 5.10 Å². The van der Waals surface area contributed by atoms with Crippen LogP contribution in [0.4, 0.5) is 15.0 Å². The van der Waals surface area contributed by atoms with E-state index in [2.05, 4.69) is 15.5 Å². The van der Waals surface area contributed by atoms with E-state index in [1.165, 1.54) is 12.1 Å². The molecular weight excluding hydrogens is 433 g/mol. The van der Waals surface area contributed by atoms with Crippen molar-refractivity contribution < 1.29 is 13.9 Å². The van der Waals surface area contributed by atoms with Gasteiger partial charge in [0.1, 0.15) is 11.6 Å². The molecule has 3 aromatic rings. The molecule has 2 unspecified atom stereocenters. The van der Waals surface area contributed by atoms with Crippen molar-refractivity contribution in [3.8, 4) is 5.69 Å². The van der Waals surface area contributed by atoms with E-state index in [0.29, 0.717) is 13.2 Å². The van der Waals surface area contributed by atoms with Crippen molar-refractivity contribution in [1.29, 1.82) is 0 Å². The number of benzene rings is 2. The zero-order valence-corrected chi connectivity index (χ0v) is 19.3. The van der Waals surface area contributed by atoms with E-state index in [0.717, 1.165) is 60.7 Å². The van der Waals surface area contributed by atoms with Crippen LogP contribution in [-0.2, 0) is 17.6 Å². The normalized spacial score (nSPS) is 19.8. The number of rotatable bonds is 7. The summed E-state index contributed by atoms with van der Waals surface area (Å²) in [4.78, 5) is 15.5. The number of nitrogens with one attached hydrogen (secondary N) is 2. The highest BCUT2D eigenvalue weighted by molar-refractivity contribution is 5.90. The second-order valence-corrected chi connectivity index (χ2v) is 8.99. The molecule has 2 amide bonds. The Morgan fingerprint density at radius 1 is 1.12 bits per heavy atom. The van der Waals surface area contributed by atoms with Crippen molar-refractivity contribution in [2.45, 2.75) is 31.2 Å². The summed E-state index contributed by atoms with van der Waals surface area (Å²) in [5.41, 5.74) is 4.10. The van der Waals surface area contributed by atoms with Crippen LogP contribution >= 0.6 is 0 Å². The predicted molar refractivity (Wildman–Crippen MR) is 129 cm³/mol. The minimum atomic E-state index is -0.261. The van der Waals surface area contributed by atoms with Gasteiger partial charge in [0.2, 0.25) is 0 Å². The lowest BCUT2D eigenvalue weighted by molar-refractivity contribution is 0.159. The van der Waals surface area contributed by atoms with E-state index in [1.807, 2.05) is 47.1 Å². The summed E-state index contributed by atoms with van der Waals surface area (Å²) in [5.74, 6) is 0.542. The molecule has 178 valence electrons. The van der Waals surface area contributed by atoms with Crippen molar-refractivity contribution in [3.63, 3.8) is 0 Å². The van der Waals surface area contributed by atoms with Crippen molar-refractivity contribution in [2.24, 2.45) is 0 Å². The van der Waals surface area contributed by atoms with Gasteiger partial charge in [0.15, 0.2) is 0 Å². The fraction of sp³-hybridized carbons (Fsp3) is 0.385. The van der Waals surface area contributed by atoms with Crippen LogP contribution in [0, 0.1) is 5.82 Å². The van der Waals surface area contributed by atoms with Crippen LogP contribution in [-0.4, -0.2) is 60.1 Å². The third-order valence-corrected chi connectivity index (χ3v) is 6.76. The fourth-order valence-corrected chi connectivity index (χ4v) is 5.07. The Kier molecular flexibility index (Phi) is 6.60. The Hall–Kier alpha value is -3.23. The second kappa shape index (κ2) is 9.95. The molecule has 34 heavy (non-hydrogen) atoms. The summed E-state index contributed by atoms with van der Waals surface area (Å²) in [5, 5.41) is 11.1. The largest absolute Gasteiger partial charge is 0.383 e. The Bertz CT molecular complexity index is 1130. The van der Waals surface area contributed by atoms with E-state index in [-0.39, 0.29) is 23.8 Å². The maximum absolute atomic E-state index is 13.5. The lowest BCUT2D eigenvalue weighted by Gasteiger charge is -2.21. The zero-order valence-electron chi connectivity index (χ0n) is 19.3. The average Bonchev–Trinajstić information content (AvgIpc) is 3.55. The number of fused-ring (bicyclic) bond motifs is 1. The third-order valence-electron chi connectivity index (χ3n) is 6.76. The first-order valence-corrected chi connectivity index (χ1v) is 11.8. The number of urea groups is 1. The first-order valence-electron chi connectivity index (χ1n) is 11.8. The van der Waals surface area contributed by atoms with Gasteiger partial charge in [-0.15, -0.1) is 0 Å². The number of anilines is 1. The Morgan fingerprint density at radius 2 is 1.91 bits per heavy atom. The van der Waals surface area contributed by atoms with Crippen LogP contribution in [0.15, 0.2) is 54.6 Å². The van der Waals surface area contributed by atoms with Gasteiger partial charge in [-0.3, -0.25) is 10.2 Å². The van der Waals surface area contributed by atoms with Gasteiger partial charge in [-0.1, -0.05) is 30.3 Å². The first-order chi connectivity index (χ1) is 16.6. The number of methoxy groups -OCH3 is 1. The maximum Gasteiger partial charge on any atom is 0.320 e. The lowest BCUT2D eigenvalue weighted by Crippen LogP contribution is -2.42. The molecule has 2 aliphatic rings. The van der Waals surface area contributed by atoms with E-state index < -0.39 is 0 Å². The van der Waals surface area contributed by atoms with Crippen molar-refractivity contribution in [3.05, 3.63) is 77.2 Å². The van der Waals surface area contributed by atoms with Crippen LogP contribution in [0.5, 0.6) is 0 Å². The molecule has 5 rings (SSSR count). The van der Waals surface area contributed by atoms with Gasteiger partial charge in [-0.25, -0.2) is 13.9 Å². The van der Waals surface area contributed by atoms with Gasteiger partial charge >= 0.3 is 6.03 Å². The highest BCUT2D eigenvalue weighted by Gasteiger charge is 2.35. The highest BCUT2D eigenvalue weighted by Crippen LogP contribution is 2.32. The minimum Gasteiger partial charge on any atom is -0.383 e. The lowest BCUT2D eigenvalue weighted by atomic mass is 9.94. The molecule has 2 atom stereocenters. The van der Waals surface area contributed by atoms with Gasteiger partial charge < -0.3 is 10.1 Å². The van der Waals surface area contributed by atoms with Gasteiger partial charge in [0.05, 0.1) is 24.0 Å². The number of nitrogens with zero attached hydrogens (tertiary/aromatic N) is 3. The SMILES string of the molecule is COCCN1CC(NC(=O)Nc2c3c(nn2-c2ccccc2)CCC3)C(c2ccc(F)cc2)C1. The summed E-state index contributed by atoms with van der Waals surface area (Å²) in [6.45, 7) is 2.88. The molecule has 0 saturated carbocycles. The highest BCUT2D eigenvalue weighted by atomic mass is 19.1. The maximum atomic E-state index is 13.5. The molecule has 2 aromatic carbocycles. The molecule has 8 heteroatoms. The Labute approximate surface area is 198 Å². The number of hydrogen-bond donors (Lipinski definition) is 2. The molecule has 0 radical (unpaired) electrons. The Balaban J connectivity index is 1.35. The summed E-state index contributed by atoms with van der Waals surface area (Å²) in [7, 11) is 1.69. The predicted octanol–water partition coefficient (Wildman–Crippen LogP) is 3.74. The topological polar surface area (TPSA) is 71.4 Å². The van der Waals surface area contributed by atoms with E-state index in [9.17, 15) is 9.18 Å². The van der Waals surface area contributed by atoms with Gasteiger partial charge in [0, 0.05) is 38.2 Å². The number of carbonyl (C=O) groups is 1. The van der Waals surface area contributed by atoms with E-state index in [4.69, 9.17) is 9.84 Å². The fourth-order valence-electron chi connectivity index (χ4n) is 5.07. The molecule has 1 aromatic heterocycles. The molecule has 1 aliphatic carbocycles. The second-order valence-electron chi connectivity index (χ2n) is 8.99. The minimum absolute atomic E-state index is 0.0629. The van der Waals surface area contributed by atoms with Crippen LogP contribution in [0.2, 0.25) is 0 Å². The molecule has 1 fully saturated rings. The zero-order chi connectivity index (χ0) is 23.5. The van der Waals surface area contributed by atoms with Gasteiger partial charge in [-0.05, 0) is 49.1 Å². The van der Waals surface area contributed by atoms with E-state index >= 15 is 0 Å². The smallest absolute Gasteiger partial charge is 0.320 e. The van der Waals surface area contributed by atoms with Crippen LogP contribution in [0.3, 0.4) is 0 Å². The number of aromatic nitrogens is 2. The quantitative estimate of drug-likeness (QED) is 0.560. The number of aryl methyl sites for hydroxylation is 1. The van der Waals surface area contributed by atoms with Gasteiger partial charge in [0.25, 0.3) is 0 Å². The number of ether oxygens (including phenoxy) is 1. The molecule has 1 saturated heterocycles. The summed E-state index contributed by atoms with van der Waals surface area (Å²) >= 11 is 0. The molecule has 7 nitrogen and oxygen atoms in total. The molecular formula is C26H30FN5O2. The average molecular weight is 464 g/mol. The summed E-state index contributed by atoms with van der Waals surface area (Å²) < 4.78 is 20.6. The van der Waals surface area contributed by atoms with Crippen molar-refractivity contribution >= 4 is 11.8 Å². The number of hydrogen-bond acceptors (Lipinski definition) is 4.